The minimum absolute atomic E-state index is 0.0663. The third kappa shape index (κ3) is 3.95. The lowest BCUT2D eigenvalue weighted by Crippen LogP contribution is -2.29. The molecular formula is C29H22ClNO5. The van der Waals surface area contributed by atoms with Crippen LogP contribution in [-0.2, 0) is 9.59 Å². The van der Waals surface area contributed by atoms with E-state index >= 15 is 0 Å². The summed E-state index contributed by atoms with van der Waals surface area (Å²) < 4.78 is 5.56. The number of Topliss-reactive ketones (excluding diaryl/α,β-unsaturated/α-hetero) is 1. The van der Waals surface area contributed by atoms with Crippen LogP contribution >= 0.6 is 11.6 Å². The SMILES string of the molecule is CCOc1cc(C2/C(=C(\O)c3ccc(Cl)cc3)C(=O)C(=O)N2c2cccc3ccccc23)ccc1O. The van der Waals surface area contributed by atoms with Crippen molar-refractivity contribution in [1.29, 1.82) is 0 Å². The molecule has 180 valence electrons. The van der Waals surface area contributed by atoms with Gasteiger partial charge in [0, 0.05) is 16.0 Å². The quantitative estimate of drug-likeness (QED) is 0.193. The molecule has 1 amide bonds. The number of aromatic hydroxyl groups is 1. The Kier molecular flexibility index (Phi) is 6.12. The first-order chi connectivity index (χ1) is 17.4. The standard InChI is InChI=1S/C29H22ClNO5/c1-2-36-24-16-19(12-15-23(24)32)26-25(27(33)18-10-13-20(30)14-11-18)28(34)29(35)31(26)22-9-5-7-17-6-3-4-8-21(17)22/h3-16,26,32-33H,2H2,1H3/b27-25+. The van der Waals surface area contributed by atoms with Gasteiger partial charge in [-0.3, -0.25) is 14.5 Å². The lowest BCUT2D eigenvalue weighted by molar-refractivity contribution is -0.132. The summed E-state index contributed by atoms with van der Waals surface area (Å²) in [4.78, 5) is 28.4. The van der Waals surface area contributed by atoms with E-state index in [0.29, 0.717) is 28.4 Å². The van der Waals surface area contributed by atoms with E-state index in [-0.39, 0.29) is 22.8 Å². The second-order valence-electron chi connectivity index (χ2n) is 8.33. The highest BCUT2D eigenvalue weighted by Gasteiger charge is 2.47. The molecule has 0 aromatic heterocycles. The van der Waals surface area contributed by atoms with Crippen molar-refractivity contribution in [2.75, 3.05) is 11.5 Å². The van der Waals surface area contributed by atoms with E-state index in [0.717, 1.165) is 10.8 Å². The molecule has 0 bridgehead atoms. The number of fused-ring (bicyclic) bond motifs is 1. The number of phenolic OH excluding ortho intramolecular Hbond substituents is 1. The second kappa shape index (κ2) is 9.40. The number of hydrogen-bond acceptors (Lipinski definition) is 5. The van der Waals surface area contributed by atoms with Gasteiger partial charge in [0.2, 0.25) is 0 Å². The summed E-state index contributed by atoms with van der Waals surface area (Å²) in [5.41, 5.74) is 1.31. The number of phenols is 1. The zero-order chi connectivity index (χ0) is 25.4. The number of halogens is 1. The van der Waals surface area contributed by atoms with Gasteiger partial charge in [0.05, 0.1) is 23.9 Å². The van der Waals surface area contributed by atoms with Crippen LogP contribution in [0.1, 0.15) is 24.1 Å². The lowest BCUT2D eigenvalue weighted by atomic mass is 9.94. The van der Waals surface area contributed by atoms with Gasteiger partial charge in [-0.15, -0.1) is 0 Å². The number of carbonyl (C=O) groups is 2. The Labute approximate surface area is 212 Å². The van der Waals surface area contributed by atoms with Crippen molar-refractivity contribution in [3.05, 3.63) is 107 Å². The smallest absolute Gasteiger partial charge is 0.300 e. The number of ether oxygens (including phenoxy) is 1. The molecule has 1 aliphatic rings. The van der Waals surface area contributed by atoms with Gasteiger partial charge in [-0.05, 0) is 60.3 Å². The van der Waals surface area contributed by atoms with Gasteiger partial charge in [0.15, 0.2) is 11.5 Å². The summed E-state index contributed by atoms with van der Waals surface area (Å²) in [6, 6.07) is 23.1. The number of aliphatic hydroxyl groups excluding tert-OH is 1. The van der Waals surface area contributed by atoms with Crippen molar-refractivity contribution in [3.63, 3.8) is 0 Å². The van der Waals surface area contributed by atoms with Gasteiger partial charge in [-0.1, -0.05) is 54.1 Å². The molecule has 0 spiro atoms. The molecule has 0 radical (unpaired) electrons. The molecule has 7 heteroatoms. The van der Waals surface area contributed by atoms with Crippen LogP contribution in [0.5, 0.6) is 11.5 Å². The van der Waals surface area contributed by atoms with Crippen molar-refractivity contribution < 1.29 is 24.5 Å². The Morgan fingerprint density at radius 2 is 1.69 bits per heavy atom. The van der Waals surface area contributed by atoms with Gasteiger partial charge in [-0.25, -0.2) is 0 Å². The number of rotatable bonds is 5. The Hall–Kier alpha value is -4.29. The number of amides is 1. The van der Waals surface area contributed by atoms with Crippen LogP contribution in [0.2, 0.25) is 5.02 Å². The van der Waals surface area contributed by atoms with Gasteiger partial charge >= 0.3 is 0 Å². The van der Waals surface area contributed by atoms with E-state index in [1.165, 1.54) is 11.0 Å². The van der Waals surface area contributed by atoms with E-state index in [2.05, 4.69) is 0 Å². The zero-order valence-electron chi connectivity index (χ0n) is 19.3. The highest BCUT2D eigenvalue weighted by atomic mass is 35.5. The number of aliphatic hydroxyl groups is 1. The molecule has 4 aromatic rings. The number of ketones is 1. The van der Waals surface area contributed by atoms with Gasteiger partial charge in [0.1, 0.15) is 5.76 Å². The molecule has 5 rings (SSSR count). The zero-order valence-corrected chi connectivity index (χ0v) is 20.1. The minimum Gasteiger partial charge on any atom is -0.507 e. The monoisotopic (exact) mass is 499 g/mol. The summed E-state index contributed by atoms with van der Waals surface area (Å²) in [7, 11) is 0. The molecule has 1 atom stereocenters. The van der Waals surface area contributed by atoms with Crippen molar-refractivity contribution in [2.45, 2.75) is 13.0 Å². The van der Waals surface area contributed by atoms with Crippen molar-refractivity contribution in [2.24, 2.45) is 0 Å². The Morgan fingerprint density at radius 1 is 0.972 bits per heavy atom. The van der Waals surface area contributed by atoms with Crippen LogP contribution in [0.4, 0.5) is 5.69 Å². The molecule has 4 aromatic carbocycles. The lowest BCUT2D eigenvalue weighted by Gasteiger charge is -2.27. The van der Waals surface area contributed by atoms with Crippen LogP contribution in [0.3, 0.4) is 0 Å². The number of nitrogens with zero attached hydrogens (tertiary/aromatic N) is 1. The Bertz CT molecular complexity index is 1520. The highest BCUT2D eigenvalue weighted by molar-refractivity contribution is 6.52. The van der Waals surface area contributed by atoms with Crippen LogP contribution in [0.15, 0.2) is 90.5 Å². The summed E-state index contributed by atoms with van der Waals surface area (Å²) in [6.07, 6.45) is 0. The molecule has 1 fully saturated rings. The van der Waals surface area contributed by atoms with Crippen LogP contribution in [0, 0.1) is 0 Å². The molecule has 36 heavy (non-hydrogen) atoms. The van der Waals surface area contributed by atoms with E-state index in [1.54, 1.807) is 49.4 Å². The van der Waals surface area contributed by atoms with Gasteiger partial charge in [-0.2, -0.15) is 0 Å². The fourth-order valence-electron chi connectivity index (χ4n) is 4.55. The molecule has 1 saturated heterocycles. The predicted octanol–water partition coefficient (Wildman–Crippen LogP) is 6.22. The first-order valence-corrected chi connectivity index (χ1v) is 11.8. The van der Waals surface area contributed by atoms with Crippen molar-refractivity contribution >= 4 is 45.5 Å². The summed E-state index contributed by atoms with van der Waals surface area (Å²) in [6.45, 7) is 2.10. The predicted molar refractivity (Wildman–Crippen MR) is 139 cm³/mol. The Balaban J connectivity index is 1.78. The van der Waals surface area contributed by atoms with Crippen LogP contribution < -0.4 is 9.64 Å². The maximum Gasteiger partial charge on any atom is 0.300 e. The van der Waals surface area contributed by atoms with Crippen LogP contribution in [0.25, 0.3) is 16.5 Å². The van der Waals surface area contributed by atoms with E-state index in [1.807, 2.05) is 36.4 Å². The first-order valence-electron chi connectivity index (χ1n) is 11.4. The Morgan fingerprint density at radius 3 is 2.44 bits per heavy atom. The van der Waals surface area contributed by atoms with E-state index in [4.69, 9.17) is 16.3 Å². The molecule has 0 aliphatic carbocycles. The highest BCUT2D eigenvalue weighted by Crippen LogP contribution is 2.45. The first kappa shape index (κ1) is 23.5. The number of benzene rings is 4. The third-order valence-electron chi connectivity index (χ3n) is 6.19. The second-order valence-corrected chi connectivity index (χ2v) is 8.77. The topological polar surface area (TPSA) is 87.1 Å². The molecule has 6 nitrogen and oxygen atoms in total. The number of carbonyl (C=O) groups excluding carboxylic acids is 2. The maximum atomic E-state index is 13.5. The average Bonchev–Trinajstić information content (AvgIpc) is 3.15. The fourth-order valence-corrected chi connectivity index (χ4v) is 4.68. The normalized spacial score (nSPS) is 17.1. The minimum atomic E-state index is -0.966. The summed E-state index contributed by atoms with van der Waals surface area (Å²) >= 11 is 6.01. The fraction of sp³-hybridized carbons (Fsp3) is 0.103. The maximum absolute atomic E-state index is 13.5. The van der Waals surface area contributed by atoms with Gasteiger partial charge in [0.25, 0.3) is 11.7 Å². The summed E-state index contributed by atoms with van der Waals surface area (Å²) in [5.74, 6) is -1.75. The average molecular weight is 500 g/mol. The molecule has 1 aliphatic heterocycles. The van der Waals surface area contributed by atoms with Crippen molar-refractivity contribution in [1.82, 2.24) is 0 Å². The molecule has 1 unspecified atom stereocenters. The number of hydrogen-bond donors (Lipinski definition) is 2. The molecular weight excluding hydrogens is 478 g/mol. The molecule has 1 heterocycles. The van der Waals surface area contributed by atoms with E-state index < -0.39 is 17.7 Å². The largest absolute Gasteiger partial charge is 0.507 e. The van der Waals surface area contributed by atoms with Gasteiger partial charge < -0.3 is 14.9 Å². The van der Waals surface area contributed by atoms with Crippen LogP contribution in [-0.4, -0.2) is 28.5 Å². The third-order valence-corrected chi connectivity index (χ3v) is 6.44. The summed E-state index contributed by atoms with van der Waals surface area (Å²) in [5, 5.41) is 23.7. The molecule has 0 saturated carbocycles. The van der Waals surface area contributed by atoms with E-state index in [9.17, 15) is 19.8 Å². The molecule has 2 N–H and O–H groups in total. The number of anilines is 1. The van der Waals surface area contributed by atoms with Crippen molar-refractivity contribution in [3.8, 4) is 11.5 Å².